The number of nitrogens with one attached hydrogen (secondary N) is 1. The first-order chi connectivity index (χ1) is 13.9. The minimum atomic E-state index is 0. The monoisotopic (exact) mass is 464 g/mol. The van der Waals surface area contributed by atoms with Crippen LogP contribution in [-0.4, -0.2) is 39.7 Å². The number of halogens is 2. The molecule has 31 heavy (non-hydrogen) atoms. The van der Waals surface area contributed by atoms with Gasteiger partial charge >= 0.3 is 0 Å². The van der Waals surface area contributed by atoms with Crippen LogP contribution >= 0.6 is 24.8 Å². The summed E-state index contributed by atoms with van der Waals surface area (Å²) in [4.78, 5) is 11.8. The van der Waals surface area contributed by atoms with E-state index in [1.165, 1.54) is 23.2 Å². The van der Waals surface area contributed by atoms with E-state index in [1.54, 1.807) is 0 Å². The van der Waals surface area contributed by atoms with E-state index < -0.39 is 0 Å². The fraction of sp³-hybridized carbons (Fsp3) is 0.522. The predicted molar refractivity (Wildman–Crippen MR) is 135 cm³/mol. The molecule has 1 aliphatic rings. The van der Waals surface area contributed by atoms with Crippen molar-refractivity contribution in [2.24, 2.45) is 0 Å². The SMILES string of the molecule is CCC(CC)Nc1c2c(nc3c(-c4cnc(N(C)C)cc4C)c(C)nn13)CCC2.Cl.Cl. The first-order valence-corrected chi connectivity index (χ1v) is 10.8. The summed E-state index contributed by atoms with van der Waals surface area (Å²) in [5.41, 5.74) is 7.91. The minimum Gasteiger partial charge on any atom is -0.367 e. The lowest BCUT2D eigenvalue weighted by atomic mass is 10.0. The molecule has 0 fully saturated rings. The number of fused-ring (bicyclic) bond motifs is 2. The molecule has 0 aliphatic heterocycles. The Hall–Kier alpha value is -2.05. The molecule has 1 aliphatic carbocycles. The Morgan fingerprint density at radius 2 is 1.84 bits per heavy atom. The maximum atomic E-state index is 5.09. The molecule has 0 atom stereocenters. The fourth-order valence-corrected chi connectivity index (χ4v) is 4.33. The minimum absolute atomic E-state index is 0. The van der Waals surface area contributed by atoms with Crippen LogP contribution in [0.3, 0.4) is 0 Å². The molecule has 0 unspecified atom stereocenters. The Balaban J connectivity index is 0.00000171. The van der Waals surface area contributed by atoms with Crippen molar-refractivity contribution in [3.8, 4) is 11.1 Å². The molecular formula is C23H34Cl2N6. The summed E-state index contributed by atoms with van der Waals surface area (Å²) in [6.07, 6.45) is 7.45. The quantitative estimate of drug-likeness (QED) is 0.528. The molecule has 0 saturated heterocycles. The highest BCUT2D eigenvalue weighted by Crippen LogP contribution is 2.36. The second kappa shape index (κ2) is 10.0. The molecule has 0 saturated carbocycles. The van der Waals surface area contributed by atoms with Crippen LogP contribution in [0.2, 0.25) is 0 Å². The van der Waals surface area contributed by atoms with Crippen LogP contribution in [-0.2, 0) is 12.8 Å². The summed E-state index contributed by atoms with van der Waals surface area (Å²) in [5.74, 6) is 2.10. The van der Waals surface area contributed by atoms with Gasteiger partial charge in [0.25, 0.3) is 0 Å². The van der Waals surface area contributed by atoms with Gasteiger partial charge < -0.3 is 10.2 Å². The molecular weight excluding hydrogens is 431 g/mol. The molecule has 0 amide bonds. The molecule has 3 aromatic heterocycles. The first-order valence-electron chi connectivity index (χ1n) is 10.8. The average Bonchev–Trinajstić information content (AvgIpc) is 3.29. The number of pyridine rings is 1. The molecule has 4 rings (SSSR count). The van der Waals surface area contributed by atoms with Gasteiger partial charge in [-0.25, -0.2) is 9.97 Å². The van der Waals surface area contributed by atoms with Gasteiger partial charge in [0.15, 0.2) is 5.65 Å². The standard InChI is InChI=1S/C23H32N6.2ClH/c1-7-16(8-2)25-22-17-10-9-11-19(17)26-23-21(15(4)27-29(22)23)18-13-24-20(28(5)6)12-14(18)3;;/h12-13,16,25H,7-11H2,1-6H3;2*1H. The summed E-state index contributed by atoms with van der Waals surface area (Å²) in [5, 5.41) is 8.73. The number of rotatable bonds is 6. The van der Waals surface area contributed by atoms with Crippen LogP contribution in [0.4, 0.5) is 11.6 Å². The average molecular weight is 465 g/mol. The van der Waals surface area contributed by atoms with Crippen molar-refractivity contribution >= 4 is 42.1 Å². The maximum absolute atomic E-state index is 5.09. The van der Waals surface area contributed by atoms with Crippen molar-refractivity contribution in [1.29, 1.82) is 0 Å². The Morgan fingerprint density at radius 3 is 2.45 bits per heavy atom. The van der Waals surface area contributed by atoms with Crippen LogP contribution in [0.1, 0.15) is 55.6 Å². The van der Waals surface area contributed by atoms with Crippen LogP contribution in [0.5, 0.6) is 0 Å². The van der Waals surface area contributed by atoms with E-state index >= 15 is 0 Å². The topological polar surface area (TPSA) is 58.4 Å². The van der Waals surface area contributed by atoms with E-state index in [1.807, 2.05) is 29.7 Å². The zero-order valence-corrected chi connectivity index (χ0v) is 21.0. The van der Waals surface area contributed by atoms with Crippen LogP contribution in [0.25, 0.3) is 16.8 Å². The van der Waals surface area contributed by atoms with Crippen molar-refractivity contribution in [3.63, 3.8) is 0 Å². The summed E-state index contributed by atoms with van der Waals surface area (Å²) >= 11 is 0. The Bertz CT molecular complexity index is 1060. The smallest absolute Gasteiger partial charge is 0.165 e. The van der Waals surface area contributed by atoms with Crippen molar-refractivity contribution in [1.82, 2.24) is 19.6 Å². The number of anilines is 2. The normalized spacial score (nSPS) is 12.5. The van der Waals surface area contributed by atoms with Gasteiger partial charge in [-0.05, 0) is 57.6 Å². The Labute approximate surface area is 197 Å². The number of aryl methyl sites for hydroxylation is 3. The summed E-state index contributed by atoms with van der Waals surface area (Å²) in [6, 6.07) is 2.58. The number of hydrogen-bond acceptors (Lipinski definition) is 5. The summed E-state index contributed by atoms with van der Waals surface area (Å²) in [7, 11) is 4.03. The van der Waals surface area contributed by atoms with E-state index in [0.717, 1.165) is 59.8 Å². The molecule has 0 bridgehead atoms. The van der Waals surface area contributed by atoms with E-state index in [2.05, 4.69) is 44.1 Å². The zero-order chi connectivity index (χ0) is 20.7. The fourth-order valence-electron chi connectivity index (χ4n) is 4.33. The molecule has 6 nitrogen and oxygen atoms in total. The highest BCUT2D eigenvalue weighted by Gasteiger charge is 2.25. The predicted octanol–water partition coefficient (Wildman–Crippen LogP) is 5.41. The molecule has 0 aromatic carbocycles. The molecule has 170 valence electrons. The van der Waals surface area contributed by atoms with Crippen LogP contribution in [0.15, 0.2) is 12.3 Å². The highest BCUT2D eigenvalue weighted by molar-refractivity contribution is 5.86. The third-order valence-electron chi connectivity index (χ3n) is 6.11. The van der Waals surface area contributed by atoms with Crippen LogP contribution in [0, 0.1) is 13.8 Å². The van der Waals surface area contributed by atoms with Crippen molar-refractivity contribution in [3.05, 3.63) is 34.8 Å². The van der Waals surface area contributed by atoms with Gasteiger partial charge in [0.1, 0.15) is 11.6 Å². The lowest BCUT2D eigenvalue weighted by Gasteiger charge is -2.20. The second-order valence-electron chi connectivity index (χ2n) is 8.34. The van der Waals surface area contributed by atoms with Gasteiger partial charge in [-0.1, -0.05) is 13.8 Å². The van der Waals surface area contributed by atoms with Gasteiger partial charge in [-0.2, -0.15) is 9.61 Å². The van der Waals surface area contributed by atoms with Crippen LogP contribution < -0.4 is 10.2 Å². The van der Waals surface area contributed by atoms with Gasteiger partial charge in [0.2, 0.25) is 0 Å². The summed E-state index contributed by atoms with van der Waals surface area (Å²) < 4.78 is 2.05. The third-order valence-corrected chi connectivity index (χ3v) is 6.11. The van der Waals surface area contributed by atoms with E-state index in [0.29, 0.717) is 6.04 Å². The molecule has 1 N–H and O–H groups in total. The van der Waals surface area contributed by atoms with E-state index in [9.17, 15) is 0 Å². The largest absolute Gasteiger partial charge is 0.367 e. The van der Waals surface area contributed by atoms with Crippen molar-refractivity contribution in [2.45, 2.75) is 65.8 Å². The van der Waals surface area contributed by atoms with E-state index in [4.69, 9.17) is 10.1 Å². The molecule has 0 radical (unpaired) electrons. The van der Waals surface area contributed by atoms with Gasteiger partial charge in [0, 0.05) is 43.2 Å². The zero-order valence-electron chi connectivity index (χ0n) is 19.3. The highest BCUT2D eigenvalue weighted by atomic mass is 35.5. The Kier molecular flexibility index (Phi) is 8.17. The molecule has 0 spiro atoms. The second-order valence-corrected chi connectivity index (χ2v) is 8.34. The number of hydrogen-bond donors (Lipinski definition) is 1. The number of aromatic nitrogens is 4. The van der Waals surface area contributed by atoms with Gasteiger partial charge in [-0.3, -0.25) is 0 Å². The summed E-state index contributed by atoms with van der Waals surface area (Å²) in [6.45, 7) is 8.70. The van der Waals surface area contributed by atoms with Gasteiger partial charge in [-0.15, -0.1) is 24.8 Å². The first kappa shape index (κ1) is 25.2. The third kappa shape index (κ3) is 4.46. The lowest BCUT2D eigenvalue weighted by molar-refractivity contribution is 0.661. The maximum Gasteiger partial charge on any atom is 0.165 e. The van der Waals surface area contributed by atoms with Crippen molar-refractivity contribution in [2.75, 3.05) is 24.3 Å². The Morgan fingerprint density at radius 1 is 1.13 bits per heavy atom. The van der Waals surface area contributed by atoms with Gasteiger partial charge in [0.05, 0.1) is 11.3 Å². The van der Waals surface area contributed by atoms with Crippen molar-refractivity contribution < 1.29 is 0 Å². The molecule has 8 heteroatoms. The number of nitrogens with zero attached hydrogens (tertiary/aromatic N) is 5. The van der Waals surface area contributed by atoms with E-state index in [-0.39, 0.29) is 24.8 Å². The molecule has 3 heterocycles. The lowest BCUT2D eigenvalue weighted by Crippen LogP contribution is -2.21. The molecule has 3 aromatic rings.